The fourth-order valence-corrected chi connectivity index (χ4v) is 2.33. The first-order valence-electron chi connectivity index (χ1n) is 5.51. The van der Waals surface area contributed by atoms with Gasteiger partial charge in [-0.15, -0.1) is 10.2 Å². The van der Waals surface area contributed by atoms with Crippen molar-refractivity contribution in [2.24, 2.45) is 0 Å². The van der Waals surface area contributed by atoms with E-state index >= 15 is 0 Å². The van der Waals surface area contributed by atoms with Gasteiger partial charge in [0.05, 0.1) is 0 Å². The molecule has 0 aliphatic heterocycles. The molecule has 2 heterocycles. The lowest BCUT2D eigenvalue weighted by Gasteiger charge is -2.00. The SMILES string of the molecule is O=c1sc2nncn2nc1/C=C(\O)c1ccc(Cl)cc1. The smallest absolute Gasteiger partial charge is 0.263 e. The lowest BCUT2D eigenvalue weighted by atomic mass is 10.2. The molecule has 2 aromatic heterocycles. The van der Waals surface area contributed by atoms with Gasteiger partial charge >= 0.3 is 0 Å². The van der Waals surface area contributed by atoms with Crippen LogP contribution < -0.4 is 4.74 Å². The second-order valence-corrected chi connectivity index (χ2v) is 5.25. The number of benzene rings is 1. The van der Waals surface area contributed by atoms with Gasteiger partial charge in [-0.2, -0.15) is 9.61 Å². The number of aliphatic hydroxyl groups excluding tert-OH is 1. The largest absolute Gasteiger partial charge is 0.507 e. The van der Waals surface area contributed by atoms with Gasteiger partial charge < -0.3 is 5.11 Å². The van der Waals surface area contributed by atoms with Crippen molar-refractivity contribution >= 4 is 39.7 Å². The average Bonchev–Trinajstić information content (AvgIpc) is 2.87. The van der Waals surface area contributed by atoms with Crippen LogP contribution in [0, 0.1) is 0 Å². The molecule has 0 saturated heterocycles. The maximum absolute atomic E-state index is 11.9. The van der Waals surface area contributed by atoms with Crippen molar-refractivity contribution in [3.8, 4) is 0 Å². The van der Waals surface area contributed by atoms with Crippen molar-refractivity contribution in [3.05, 3.63) is 56.4 Å². The van der Waals surface area contributed by atoms with Crippen molar-refractivity contribution in [2.45, 2.75) is 0 Å². The molecular weight excluding hydrogens is 300 g/mol. The Morgan fingerprint density at radius 2 is 2.10 bits per heavy atom. The summed E-state index contributed by atoms with van der Waals surface area (Å²) >= 11 is 6.68. The quantitative estimate of drug-likeness (QED) is 0.735. The Kier molecular flexibility index (Phi) is 3.21. The Morgan fingerprint density at radius 3 is 2.85 bits per heavy atom. The van der Waals surface area contributed by atoms with Crippen LogP contribution in [0.3, 0.4) is 0 Å². The highest BCUT2D eigenvalue weighted by molar-refractivity contribution is 7.14. The standard InChI is InChI=1S/C12H7ClN4O2S/c13-8-3-1-7(2-4-8)10(18)5-9-11(19)20-12-15-14-6-17(12)16-9/h1-6,18H/b10-5-. The maximum atomic E-state index is 11.9. The molecule has 8 heteroatoms. The number of fused-ring (bicyclic) bond motifs is 1. The van der Waals surface area contributed by atoms with E-state index in [9.17, 15) is 9.90 Å². The van der Waals surface area contributed by atoms with E-state index in [0.717, 1.165) is 11.3 Å². The Labute approximate surface area is 121 Å². The highest BCUT2D eigenvalue weighted by Crippen LogP contribution is 2.17. The molecular formula is C12H7ClN4O2S. The van der Waals surface area contributed by atoms with Gasteiger partial charge in [0.1, 0.15) is 17.8 Å². The third kappa shape index (κ3) is 2.40. The Balaban J connectivity index is 2.06. The van der Waals surface area contributed by atoms with Gasteiger partial charge in [0.2, 0.25) is 4.96 Å². The lowest BCUT2D eigenvalue weighted by molar-refractivity contribution is 0.515. The first kappa shape index (κ1) is 12.8. The van der Waals surface area contributed by atoms with E-state index in [1.54, 1.807) is 24.3 Å². The molecule has 0 bridgehead atoms. The van der Waals surface area contributed by atoms with E-state index < -0.39 is 0 Å². The molecule has 0 fully saturated rings. The monoisotopic (exact) mass is 306 g/mol. The minimum absolute atomic E-state index is 0.0640. The summed E-state index contributed by atoms with van der Waals surface area (Å²) in [7, 11) is 0. The van der Waals surface area contributed by atoms with Crippen molar-refractivity contribution in [3.63, 3.8) is 0 Å². The average molecular weight is 307 g/mol. The topological polar surface area (TPSA) is 80.4 Å². The Hall–Kier alpha value is -2.25. The summed E-state index contributed by atoms with van der Waals surface area (Å²) in [6.45, 7) is 0. The maximum Gasteiger partial charge on any atom is 0.263 e. The summed E-state index contributed by atoms with van der Waals surface area (Å²) in [6.07, 6.45) is 2.70. The van der Waals surface area contributed by atoms with Gasteiger partial charge in [0.25, 0.3) is 4.74 Å². The molecule has 3 rings (SSSR count). The molecule has 20 heavy (non-hydrogen) atoms. The van der Waals surface area contributed by atoms with Gasteiger partial charge in [0, 0.05) is 16.7 Å². The number of nitrogens with zero attached hydrogens (tertiary/aromatic N) is 4. The van der Waals surface area contributed by atoms with Crippen LogP contribution in [0.1, 0.15) is 11.3 Å². The number of aromatic nitrogens is 4. The number of rotatable bonds is 2. The molecule has 0 unspecified atom stereocenters. The van der Waals surface area contributed by atoms with E-state index in [4.69, 9.17) is 11.6 Å². The zero-order valence-corrected chi connectivity index (χ0v) is 11.5. The zero-order chi connectivity index (χ0) is 14.1. The van der Waals surface area contributed by atoms with Crippen molar-refractivity contribution < 1.29 is 5.11 Å². The summed E-state index contributed by atoms with van der Waals surface area (Å²) in [5, 5.41) is 22.0. The number of halogens is 1. The molecule has 0 atom stereocenters. The Morgan fingerprint density at radius 1 is 1.35 bits per heavy atom. The van der Waals surface area contributed by atoms with Crippen LogP contribution in [0.25, 0.3) is 16.8 Å². The van der Waals surface area contributed by atoms with Crippen LogP contribution in [0.15, 0.2) is 35.4 Å². The van der Waals surface area contributed by atoms with Gasteiger partial charge in [0.15, 0.2) is 0 Å². The molecule has 0 aliphatic carbocycles. The van der Waals surface area contributed by atoms with Crippen LogP contribution in [0.5, 0.6) is 0 Å². The molecule has 0 amide bonds. The number of hydrogen-bond acceptors (Lipinski definition) is 6. The first-order valence-corrected chi connectivity index (χ1v) is 6.71. The minimum Gasteiger partial charge on any atom is -0.507 e. The molecule has 0 aliphatic rings. The predicted octanol–water partition coefficient (Wildman–Crippen LogP) is 2.26. The molecule has 0 radical (unpaired) electrons. The van der Waals surface area contributed by atoms with Gasteiger partial charge in [-0.1, -0.05) is 22.9 Å². The third-order valence-electron chi connectivity index (χ3n) is 2.52. The normalized spacial score (nSPS) is 11.9. The zero-order valence-electron chi connectivity index (χ0n) is 9.89. The Bertz CT molecular complexity index is 854. The molecule has 3 aromatic rings. The summed E-state index contributed by atoms with van der Waals surface area (Å²) in [4.78, 5) is 12.3. The van der Waals surface area contributed by atoms with Crippen molar-refractivity contribution in [1.82, 2.24) is 19.8 Å². The van der Waals surface area contributed by atoms with Gasteiger partial charge in [-0.25, -0.2) is 0 Å². The summed E-state index contributed by atoms with van der Waals surface area (Å²) in [6, 6.07) is 6.61. The van der Waals surface area contributed by atoms with Gasteiger partial charge in [-0.05, 0) is 24.3 Å². The van der Waals surface area contributed by atoms with Crippen LogP contribution in [0.4, 0.5) is 0 Å². The summed E-state index contributed by atoms with van der Waals surface area (Å²) in [5.41, 5.74) is 0.666. The molecule has 1 aromatic carbocycles. The second kappa shape index (κ2) is 5.03. The second-order valence-electron chi connectivity index (χ2n) is 3.87. The van der Waals surface area contributed by atoms with Crippen LogP contribution in [-0.2, 0) is 0 Å². The summed E-state index contributed by atoms with van der Waals surface area (Å²) in [5.74, 6) is -0.0640. The lowest BCUT2D eigenvalue weighted by Crippen LogP contribution is -2.07. The fraction of sp³-hybridized carbons (Fsp3) is 0. The predicted molar refractivity (Wildman–Crippen MR) is 76.9 cm³/mol. The molecule has 100 valence electrons. The first-order chi connectivity index (χ1) is 9.63. The van der Waals surface area contributed by atoms with E-state index in [0.29, 0.717) is 15.5 Å². The molecule has 0 saturated carbocycles. The van der Waals surface area contributed by atoms with E-state index in [1.165, 1.54) is 16.9 Å². The highest BCUT2D eigenvalue weighted by Gasteiger charge is 2.07. The number of hydrogen-bond donors (Lipinski definition) is 1. The van der Waals surface area contributed by atoms with Crippen LogP contribution >= 0.6 is 22.9 Å². The van der Waals surface area contributed by atoms with Crippen LogP contribution in [-0.4, -0.2) is 24.9 Å². The highest BCUT2D eigenvalue weighted by atomic mass is 35.5. The van der Waals surface area contributed by atoms with E-state index in [-0.39, 0.29) is 16.2 Å². The van der Waals surface area contributed by atoms with E-state index in [2.05, 4.69) is 15.3 Å². The molecule has 6 nitrogen and oxygen atoms in total. The van der Waals surface area contributed by atoms with Crippen molar-refractivity contribution in [2.75, 3.05) is 0 Å². The minimum atomic E-state index is -0.300. The van der Waals surface area contributed by atoms with Crippen molar-refractivity contribution in [1.29, 1.82) is 0 Å². The fourth-order valence-electron chi connectivity index (χ4n) is 1.57. The van der Waals surface area contributed by atoms with E-state index in [1.807, 2.05) is 0 Å². The van der Waals surface area contributed by atoms with Crippen LogP contribution in [0.2, 0.25) is 5.02 Å². The third-order valence-corrected chi connectivity index (χ3v) is 3.62. The molecule has 1 N–H and O–H groups in total. The number of aliphatic hydroxyl groups is 1. The summed E-state index contributed by atoms with van der Waals surface area (Å²) < 4.78 is 1.08. The molecule has 0 spiro atoms. The van der Waals surface area contributed by atoms with Gasteiger partial charge in [-0.3, -0.25) is 4.79 Å².